The summed E-state index contributed by atoms with van der Waals surface area (Å²) < 4.78 is 5.66. The van der Waals surface area contributed by atoms with Gasteiger partial charge in [0.15, 0.2) is 5.43 Å². The summed E-state index contributed by atoms with van der Waals surface area (Å²) in [6, 6.07) is 19.0. The predicted molar refractivity (Wildman–Crippen MR) is 112 cm³/mol. The summed E-state index contributed by atoms with van der Waals surface area (Å²) in [5.74, 6) is -0.0948. The fourth-order valence-electron chi connectivity index (χ4n) is 3.16. The van der Waals surface area contributed by atoms with Crippen LogP contribution in [-0.4, -0.2) is 10.8 Å². The molecule has 4 nitrogen and oxygen atoms in total. The lowest BCUT2D eigenvalue weighted by atomic mass is 10.1. The van der Waals surface area contributed by atoms with Gasteiger partial charge in [0.05, 0.1) is 28.6 Å². The number of aryl methyl sites for hydroxylation is 1. The molecule has 2 heterocycles. The molecule has 0 unspecified atom stereocenters. The van der Waals surface area contributed by atoms with Crippen molar-refractivity contribution in [3.63, 3.8) is 0 Å². The van der Waals surface area contributed by atoms with E-state index in [1.807, 2.05) is 60.8 Å². The van der Waals surface area contributed by atoms with E-state index in [9.17, 15) is 9.59 Å². The summed E-state index contributed by atoms with van der Waals surface area (Å²) in [5, 5.41) is 2.42. The van der Waals surface area contributed by atoms with E-state index in [1.54, 1.807) is 17.0 Å². The highest BCUT2D eigenvalue weighted by atomic mass is 32.1. The molecule has 0 spiro atoms. The molecule has 28 heavy (non-hydrogen) atoms. The lowest BCUT2D eigenvalue weighted by Crippen LogP contribution is -2.31. The smallest absolute Gasteiger partial charge is 0.264 e. The molecule has 0 aliphatic heterocycles. The van der Waals surface area contributed by atoms with Crippen molar-refractivity contribution < 1.29 is 9.21 Å². The molecule has 0 bridgehead atoms. The van der Waals surface area contributed by atoms with Crippen LogP contribution in [0.3, 0.4) is 0 Å². The average Bonchev–Trinajstić information content (AvgIpc) is 3.25. The van der Waals surface area contributed by atoms with Gasteiger partial charge in [-0.2, -0.15) is 0 Å². The van der Waals surface area contributed by atoms with Gasteiger partial charge in [-0.05, 0) is 36.1 Å². The van der Waals surface area contributed by atoms with Crippen molar-refractivity contribution in [3.8, 4) is 0 Å². The number of hydrogen-bond donors (Lipinski definition) is 0. The number of carbonyl (C=O) groups is 1. The molecule has 0 radical (unpaired) electrons. The highest BCUT2D eigenvalue weighted by molar-refractivity contribution is 7.12. The molecule has 4 aromatic rings. The van der Waals surface area contributed by atoms with Crippen LogP contribution in [0.25, 0.3) is 11.0 Å². The van der Waals surface area contributed by atoms with Gasteiger partial charge in [-0.1, -0.05) is 48.0 Å². The van der Waals surface area contributed by atoms with Crippen molar-refractivity contribution in [1.29, 1.82) is 0 Å². The first-order chi connectivity index (χ1) is 13.6. The lowest BCUT2D eigenvalue weighted by Gasteiger charge is -2.22. The van der Waals surface area contributed by atoms with Crippen LogP contribution in [0.15, 0.2) is 81.5 Å². The normalized spacial score (nSPS) is 10.9. The Morgan fingerprint density at radius 2 is 1.86 bits per heavy atom. The second-order valence-corrected chi connectivity index (χ2v) is 7.66. The van der Waals surface area contributed by atoms with Crippen LogP contribution in [0.2, 0.25) is 0 Å². The number of carbonyl (C=O) groups excluding carboxylic acids is 1. The Labute approximate surface area is 166 Å². The molecule has 1 amide bonds. The maximum absolute atomic E-state index is 13.0. The molecule has 140 valence electrons. The van der Waals surface area contributed by atoms with Crippen molar-refractivity contribution in [3.05, 3.63) is 104 Å². The van der Waals surface area contributed by atoms with Crippen molar-refractivity contribution in [1.82, 2.24) is 4.90 Å². The Balaban J connectivity index is 1.71. The van der Waals surface area contributed by atoms with E-state index in [-0.39, 0.29) is 17.9 Å². The zero-order valence-corrected chi connectivity index (χ0v) is 16.2. The lowest BCUT2D eigenvalue weighted by molar-refractivity contribution is 0.0734. The molecule has 2 aromatic carbocycles. The first-order valence-corrected chi connectivity index (χ1v) is 9.87. The second kappa shape index (κ2) is 7.82. The van der Waals surface area contributed by atoms with Crippen LogP contribution in [0.4, 0.5) is 0 Å². The topological polar surface area (TPSA) is 50.5 Å². The Morgan fingerprint density at radius 3 is 2.61 bits per heavy atom. The molecule has 0 N–H and O–H groups in total. The Kier molecular flexibility index (Phi) is 5.08. The fraction of sp³-hybridized carbons (Fsp3) is 0.130. The zero-order valence-electron chi connectivity index (χ0n) is 15.4. The largest absolute Gasteiger partial charge is 0.464 e. The number of thiophene rings is 1. The van der Waals surface area contributed by atoms with Crippen LogP contribution in [0, 0.1) is 6.92 Å². The zero-order chi connectivity index (χ0) is 19.5. The van der Waals surface area contributed by atoms with Gasteiger partial charge in [0.1, 0.15) is 5.58 Å². The maximum atomic E-state index is 13.0. The number of amides is 1. The summed E-state index contributed by atoms with van der Waals surface area (Å²) in [4.78, 5) is 28.4. The molecule has 2 aromatic heterocycles. The summed E-state index contributed by atoms with van der Waals surface area (Å²) in [5.41, 5.74) is 2.93. The van der Waals surface area contributed by atoms with E-state index < -0.39 is 0 Å². The number of hydrogen-bond acceptors (Lipinski definition) is 4. The highest BCUT2D eigenvalue weighted by Gasteiger charge is 2.20. The number of rotatable bonds is 5. The summed E-state index contributed by atoms with van der Waals surface area (Å²) in [7, 11) is 0. The van der Waals surface area contributed by atoms with Gasteiger partial charge < -0.3 is 9.32 Å². The van der Waals surface area contributed by atoms with Crippen molar-refractivity contribution in [2.24, 2.45) is 0 Å². The van der Waals surface area contributed by atoms with Crippen LogP contribution in [0.5, 0.6) is 0 Å². The second-order valence-electron chi connectivity index (χ2n) is 6.71. The number of fused-ring (bicyclic) bond motifs is 1. The van der Waals surface area contributed by atoms with E-state index in [2.05, 4.69) is 0 Å². The van der Waals surface area contributed by atoms with Crippen molar-refractivity contribution in [2.75, 3.05) is 0 Å². The third-order valence-electron chi connectivity index (χ3n) is 4.60. The molecule has 0 aliphatic rings. The molecule has 0 saturated heterocycles. The third kappa shape index (κ3) is 3.75. The van der Waals surface area contributed by atoms with Crippen LogP contribution >= 0.6 is 11.3 Å². The van der Waals surface area contributed by atoms with Crippen molar-refractivity contribution >= 4 is 28.2 Å². The van der Waals surface area contributed by atoms with Gasteiger partial charge in [-0.15, -0.1) is 11.3 Å². The molecular weight excluding hydrogens is 370 g/mol. The predicted octanol–water partition coefficient (Wildman–Crippen LogP) is 5.01. The molecule has 0 saturated carbocycles. The standard InChI is InChI=1S/C23H19NO3S/c1-16-9-10-20-19(12-16)22(25)18(15-27-20)14-24(13-17-6-3-2-4-7-17)23(26)21-8-5-11-28-21/h2-12,15H,13-14H2,1H3. The van der Waals surface area contributed by atoms with Crippen LogP contribution in [0.1, 0.15) is 26.4 Å². The number of benzene rings is 2. The van der Waals surface area contributed by atoms with Gasteiger partial charge >= 0.3 is 0 Å². The fourth-order valence-corrected chi connectivity index (χ4v) is 3.85. The number of nitrogens with zero attached hydrogens (tertiary/aromatic N) is 1. The first-order valence-electron chi connectivity index (χ1n) is 8.99. The Hall–Kier alpha value is -3.18. The average molecular weight is 389 g/mol. The van der Waals surface area contributed by atoms with E-state index in [0.29, 0.717) is 28.0 Å². The highest BCUT2D eigenvalue weighted by Crippen LogP contribution is 2.18. The van der Waals surface area contributed by atoms with Crippen molar-refractivity contribution in [2.45, 2.75) is 20.0 Å². The van der Waals surface area contributed by atoms with Crippen LogP contribution in [-0.2, 0) is 13.1 Å². The van der Waals surface area contributed by atoms with E-state index in [0.717, 1.165) is 11.1 Å². The van der Waals surface area contributed by atoms with E-state index in [1.165, 1.54) is 17.6 Å². The summed E-state index contributed by atoms with van der Waals surface area (Å²) >= 11 is 1.40. The monoisotopic (exact) mass is 389 g/mol. The van der Waals surface area contributed by atoms with Crippen LogP contribution < -0.4 is 5.43 Å². The van der Waals surface area contributed by atoms with Gasteiger partial charge in [0.2, 0.25) is 0 Å². The molecule has 5 heteroatoms. The molecular formula is C23H19NO3S. The van der Waals surface area contributed by atoms with Gasteiger partial charge in [-0.3, -0.25) is 9.59 Å². The minimum absolute atomic E-state index is 0.0948. The quantitative estimate of drug-likeness (QED) is 0.482. The Morgan fingerprint density at radius 1 is 1.04 bits per heavy atom. The first kappa shape index (κ1) is 18.2. The minimum Gasteiger partial charge on any atom is -0.464 e. The molecule has 0 atom stereocenters. The van der Waals surface area contributed by atoms with E-state index >= 15 is 0 Å². The maximum Gasteiger partial charge on any atom is 0.264 e. The Bertz CT molecular complexity index is 1160. The third-order valence-corrected chi connectivity index (χ3v) is 5.45. The van der Waals surface area contributed by atoms with Gasteiger partial charge in [0.25, 0.3) is 5.91 Å². The summed E-state index contributed by atoms with van der Waals surface area (Å²) in [6.07, 6.45) is 1.47. The van der Waals surface area contributed by atoms with Gasteiger partial charge in [-0.25, -0.2) is 0 Å². The van der Waals surface area contributed by atoms with E-state index in [4.69, 9.17) is 4.42 Å². The molecule has 4 rings (SSSR count). The SMILES string of the molecule is Cc1ccc2occ(CN(Cc3ccccc3)C(=O)c3cccs3)c(=O)c2c1. The summed E-state index contributed by atoms with van der Waals surface area (Å²) in [6.45, 7) is 2.55. The molecule has 0 aliphatic carbocycles. The van der Waals surface area contributed by atoms with Gasteiger partial charge in [0, 0.05) is 6.54 Å². The minimum atomic E-state index is -0.0954. The molecule has 0 fully saturated rings.